The summed E-state index contributed by atoms with van der Waals surface area (Å²) < 4.78 is 4.88. The molecule has 1 aromatic rings. The Morgan fingerprint density at radius 3 is 2.95 bits per heavy atom. The molecule has 1 aliphatic carbocycles. The van der Waals surface area contributed by atoms with E-state index in [9.17, 15) is 4.79 Å². The predicted molar refractivity (Wildman–Crippen MR) is 85.3 cm³/mol. The maximum atomic E-state index is 11.9. The van der Waals surface area contributed by atoms with Gasteiger partial charge in [-0.25, -0.2) is 4.98 Å². The number of carbonyl (C=O) groups excluding carboxylic acids is 1. The van der Waals surface area contributed by atoms with E-state index in [-0.39, 0.29) is 11.9 Å². The molecule has 2 unspecified atom stereocenters. The number of nitrogens with zero attached hydrogens (tertiary/aromatic N) is 1. The number of rotatable bonds is 5. The van der Waals surface area contributed by atoms with Crippen molar-refractivity contribution in [1.29, 1.82) is 0 Å². The van der Waals surface area contributed by atoms with Crippen LogP contribution >= 0.6 is 11.8 Å². The fourth-order valence-electron chi connectivity index (χ4n) is 3.15. The molecule has 0 saturated heterocycles. The molecule has 0 amide bonds. The minimum Gasteiger partial charge on any atom is -0.468 e. The van der Waals surface area contributed by atoms with Gasteiger partial charge in [-0.05, 0) is 62.5 Å². The Morgan fingerprint density at radius 1 is 1.52 bits per heavy atom. The highest BCUT2D eigenvalue weighted by atomic mass is 32.2. The molecule has 5 heteroatoms. The topological polar surface area (TPSA) is 65.2 Å². The van der Waals surface area contributed by atoms with Gasteiger partial charge in [0.15, 0.2) is 0 Å². The molecule has 1 saturated carbocycles. The first-order chi connectivity index (χ1) is 9.95. The number of pyridine rings is 1. The Labute approximate surface area is 130 Å². The van der Waals surface area contributed by atoms with Gasteiger partial charge in [0.2, 0.25) is 0 Å². The van der Waals surface area contributed by atoms with Crippen LogP contribution in [0.15, 0.2) is 17.2 Å². The molecule has 1 fully saturated rings. The van der Waals surface area contributed by atoms with Gasteiger partial charge in [0.1, 0.15) is 5.54 Å². The molecular weight excluding hydrogens is 284 g/mol. The van der Waals surface area contributed by atoms with Gasteiger partial charge in [0, 0.05) is 5.69 Å². The summed E-state index contributed by atoms with van der Waals surface area (Å²) in [5.74, 6) is 0.874. The molecule has 0 radical (unpaired) electrons. The number of aromatic nitrogens is 1. The van der Waals surface area contributed by atoms with Gasteiger partial charge >= 0.3 is 5.97 Å². The maximum Gasteiger partial charge on any atom is 0.326 e. The molecule has 4 nitrogen and oxygen atoms in total. The SMILES string of the molecule is COC(=O)C1(N)CCCC1CCSc1cc(C)cc(C)n1. The number of methoxy groups -OCH3 is 1. The van der Waals surface area contributed by atoms with Crippen molar-refractivity contribution in [1.82, 2.24) is 4.98 Å². The maximum absolute atomic E-state index is 11.9. The molecule has 0 aromatic carbocycles. The summed E-state index contributed by atoms with van der Waals surface area (Å²) in [5.41, 5.74) is 7.77. The molecular formula is C16H24N2O2S. The number of ether oxygens (including phenoxy) is 1. The van der Waals surface area contributed by atoms with E-state index in [1.54, 1.807) is 11.8 Å². The summed E-state index contributed by atoms with van der Waals surface area (Å²) in [6.45, 7) is 4.09. The standard InChI is InChI=1S/C16H24N2O2S/c1-11-9-12(2)18-14(10-11)21-8-6-13-5-4-7-16(13,17)15(19)20-3/h9-10,13H,4-8,17H2,1-3H3. The van der Waals surface area contributed by atoms with Crippen molar-refractivity contribution >= 4 is 17.7 Å². The van der Waals surface area contributed by atoms with Crippen LogP contribution in [0.25, 0.3) is 0 Å². The van der Waals surface area contributed by atoms with Crippen LogP contribution in [0.3, 0.4) is 0 Å². The van der Waals surface area contributed by atoms with E-state index < -0.39 is 5.54 Å². The fourth-order valence-corrected chi connectivity index (χ4v) is 4.24. The van der Waals surface area contributed by atoms with Crippen LogP contribution in [-0.4, -0.2) is 29.4 Å². The zero-order chi connectivity index (χ0) is 15.5. The van der Waals surface area contributed by atoms with Crippen LogP contribution in [0.1, 0.15) is 36.9 Å². The summed E-state index contributed by atoms with van der Waals surface area (Å²) in [6.07, 6.45) is 3.66. The molecule has 21 heavy (non-hydrogen) atoms. The van der Waals surface area contributed by atoms with Gasteiger partial charge in [0.05, 0.1) is 12.1 Å². The second kappa shape index (κ2) is 6.79. The van der Waals surface area contributed by atoms with Crippen LogP contribution < -0.4 is 5.73 Å². The lowest BCUT2D eigenvalue weighted by Crippen LogP contribution is -2.51. The molecule has 2 atom stereocenters. The van der Waals surface area contributed by atoms with E-state index >= 15 is 0 Å². The number of thioether (sulfide) groups is 1. The largest absolute Gasteiger partial charge is 0.468 e. The van der Waals surface area contributed by atoms with E-state index in [2.05, 4.69) is 24.0 Å². The highest BCUT2D eigenvalue weighted by Gasteiger charge is 2.46. The van der Waals surface area contributed by atoms with E-state index in [1.807, 2.05) is 6.92 Å². The minimum absolute atomic E-state index is 0.211. The van der Waals surface area contributed by atoms with Crippen molar-refractivity contribution in [3.63, 3.8) is 0 Å². The summed E-state index contributed by atoms with van der Waals surface area (Å²) in [4.78, 5) is 16.4. The number of carbonyl (C=O) groups is 1. The first-order valence-corrected chi connectivity index (χ1v) is 8.39. The van der Waals surface area contributed by atoms with Crippen LogP contribution in [0.5, 0.6) is 0 Å². The molecule has 1 aromatic heterocycles. The zero-order valence-corrected chi connectivity index (χ0v) is 13.8. The van der Waals surface area contributed by atoms with Gasteiger partial charge in [-0.3, -0.25) is 4.79 Å². The average Bonchev–Trinajstić information content (AvgIpc) is 2.79. The van der Waals surface area contributed by atoms with E-state index in [1.165, 1.54) is 12.7 Å². The molecule has 1 heterocycles. The zero-order valence-electron chi connectivity index (χ0n) is 13.0. The summed E-state index contributed by atoms with van der Waals surface area (Å²) >= 11 is 1.74. The van der Waals surface area contributed by atoms with Crippen molar-refractivity contribution in [2.75, 3.05) is 12.9 Å². The second-order valence-corrected chi connectivity index (χ2v) is 7.00. The number of hydrogen-bond donors (Lipinski definition) is 1. The molecule has 116 valence electrons. The smallest absolute Gasteiger partial charge is 0.326 e. The van der Waals surface area contributed by atoms with Crippen LogP contribution in [0.4, 0.5) is 0 Å². The molecule has 2 N–H and O–H groups in total. The van der Waals surface area contributed by atoms with Crippen molar-refractivity contribution < 1.29 is 9.53 Å². The van der Waals surface area contributed by atoms with Crippen molar-refractivity contribution in [3.8, 4) is 0 Å². The molecule has 0 bridgehead atoms. The molecule has 0 aliphatic heterocycles. The highest BCUT2D eigenvalue weighted by molar-refractivity contribution is 7.99. The Hall–Kier alpha value is -1.07. The van der Waals surface area contributed by atoms with Crippen molar-refractivity contribution in [3.05, 3.63) is 23.4 Å². The van der Waals surface area contributed by atoms with E-state index in [0.717, 1.165) is 42.2 Å². The van der Waals surface area contributed by atoms with Gasteiger partial charge in [-0.1, -0.05) is 6.42 Å². The first kappa shape index (κ1) is 16.3. The number of hydrogen-bond acceptors (Lipinski definition) is 5. The number of nitrogens with two attached hydrogens (primary N) is 1. The average molecular weight is 308 g/mol. The molecule has 1 aliphatic rings. The predicted octanol–water partition coefficient (Wildman–Crippen LogP) is 2.85. The Morgan fingerprint density at radius 2 is 2.29 bits per heavy atom. The minimum atomic E-state index is -0.786. The normalized spacial score (nSPS) is 25.0. The number of esters is 1. The molecule has 2 rings (SSSR count). The van der Waals surface area contributed by atoms with Crippen LogP contribution in [-0.2, 0) is 9.53 Å². The van der Waals surface area contributed by atoms with E-state index in [0.29, 0.717) is 0 Å². The Bertz CT molecular complexity index is 501. The van der Waals surface area contributed by atoms with Gasteiger partial charge in [-0.15, -0.1) is 11.8 Å². The quantitative estimate of drug-likeness (QED) is 0.669. The lowest BCUT2D eigenvalue weighted by Gasteiger charge is -2.28. The van der Waals surface area contributed by atoms with Gasteiger partial charge in [-0.2, -0.15) is 0 Å². The third-order valence-electron chi connectivity index (χ3n) is 4.23. The van der Waals surface area contributed by atoms with Crippen molar-refractivity contribution in [2.24, 2.45) is 11.7 Å². The second-order valence-electron chi connectivity index (χ2n) is 5.88. The lowest BCUT2D eigenvalue weighted by molar-refractivity contribution is -0.148. The lowest BCUT2D eigenvalue weighted by atomic mass is 9.86. The van der Waals surface area contributed by atoms with E-state index in [4.69, 9.17) is 10.5 Å². The summed E-state index contributed by atoms with van der Waals surface area (Å²) in [7, 11) is 1.42. The Balaban J connectivity index is 1.92. The highest BCUT2D eigenvalue weighted by Crippen LogP contribution is 2.38. The van der Waals surface area contributed by atoms with Crippen molar-refractivity contribution in [2.45, 2.75) is 50.1 Å². The summed E-state index contributed by atoms with van der Waals surface area (Å²) in [6, 6.07) is 4.17. The fraction of sp³-hybridized carbons (Fsp3) is 0.625. The monoisotopic (exact) mass is 308 g/mol. The Kier molecular flexibility index (Phi) is 5.27. The van der Waals surface area contributed by atoms with Crippen LogP contribution in [0, 0.1) is 19.8 Å². The summed E-state index contributed by atoms with van der Waals surface area (Å²) in [5, 5.41) is 1.05. The third-order valence-corrected chi connectivity index (χ3v) is 5.17. The van der Waals surface area contributed by atoms with Gasteiger partial charge < -0.3 is 10.5 Å². The van der Waals surface area contributed by atoms with Gasteiger partial charge in [0.25, 0.3) is 0 Å². The molecule has 0 spiro atoms. The third kappa shape index (κ3) is 3.77. The number of aryl methyl sites for hydroxylation is 2. The first-order valence-electron chi connectivity index (χ1n) is 7.41. The van der Waals surface area contributed by atoms with Crippen LogP contribution in [0.2, 0.25) is 0 Å².